The number of likely N-dealkylation sites (N-methyl/N-ethyl adjacent to an activating group) is 1. The van der Waals surface area contributed by atoms with Crippen molar-refractivity contribution in [1.29, 1.82) is 0 Å². The molecule has 0 aliphatic heterocycles. The Labute approximate surface area is 102 Å². The molecule has 1 amide bonds. The van der Waals surface area contributed by atoms with Gasteiger partial charge in [0.05, 0.1) is 0 Å². The standard InChI is InChI=1S/C12H21NO4/c1-2-13(10-6-4-3-5-7-10)11(14)8-17-9-12(15)16/h10H,2-9H2,1H3,(H,15,16). The van der Waals surface area contributed by atoms with Gasteiger partial charge >= 0.3 is 5.97 Å². The fourth-order valence-electron chi connectivity index (χ4n) is 2.34. The van der Waals surface area contributed by atoms with Crippen LogP contribution in [0.2, 0.25) is 0 Å². The molecule has 0 saturated heterocycles. The average molecular weight is 243 g/mol. The molecule has 1 aliphatic rings. The predicted molar refractivity (Wildman–Crippen MR) is 62.7 cm³/mol. The lowest BCUT2D eigenvalue weighted by molar-refractivity contribution is -0.146. The highest BCUT2D eigenvalue weighted by atomic mass is 16.5. The molecule has 1 fully saturated rings. The van der Waals surface area contributed by atoms with Crippen molar-refractivity contribution in [2.24, 2.45) is 0 Å². The zero-order valence-electron chi connectivity index (χ0n) is 10.4. The summed E-state index contributed by atoms with van der Waals surface area (Å²) in [6.07, 6.45) is 5.70. The molecule has 0 heterocycles. The van der Waals surface area contributed by atoms with Crippen molar-refractivity contribution in [3.63, 3.8) is 0 Å². The molecule has 0 spiro atoms. The first-order valence-electron chi connectivity index (χ1n) is 6.24. The molecule has 17 heavy (non-hydrogen) atoms. The largest absolute Gasteiger partial charge is 0.480 e. The van der Waals surface area contributed by atoms with Gasteiger partial charge in [-0.2, -0.15) is 0 Å². The zero-order chi connectivity index (χ0) is 12.7. The quantitative estimate of drug-likeness (QED) is 0.763. The Morgan fingerprint density at radius 2 is 1.88 bits per heavy atom. The number of carboxylic acids is 1. The number of carbonyl (C=O) groups excluding carboxylic acids is 1. The van der Waals surface area contributed by atoms with Crippen molar-refractivity contribution in [1.82, 2.24) is 4.90 Å². The van der Waals surface area contributed by atoms with Gasteiger partial charge in [-0.1, -0.05) is 19.3 Å². The number of hydrogen-bond acceptors (Lipinski definition) is 3. The van der Waals surface area contributed by atoms with Crippen LogP contribution in [0.15, 0.2) is 0 Å². The van der Waals surface area contributed by atoms with Crippen molar-refractivity contribution in [3.05, 3.63) is 0 Å². The highest BCUT2D eigenvalue weighted by Crippen LogP contribution is 2.22. The predicted octanol–water partition coefficient (Wildman–Crippen LogP) is 1.27. The van der Waals surface area contributed by atoms with E-state index in [4.69, 9.17) is 9.84 Å². The van der Waals surface area contributed by atoms with Crippen LogP contribution >= 0.6 is 0 Å². The SMILES string of the molecule is CCN(C(=O)COCC(=O)O)C1CCCCC1. The molecular weight excluding hydrogens is 222 g/mol. The van der Waals surface area contributed by atoms with Gasteiger partial charge in [0.25, 0.3) is 0 Å². The molecule has 0 bridgehead atoms. The van der Waals surface area contributed by atoms with Gasteiger partial charge in [0.2, 0.25) is 5.91 Å². The molecule has 98 valence electrons. The summed E-state index contributed by atoms with van der Waals surface area (Å²) >= 11 is 0. The van der Waals surface area contributed by atoms with E-state index in [9.17, 15) is 9.59 Å². The number of rotatable bonds is 6. The van der Waals surface area contributed by atoms with Gasteiger partial charge in [0.1, 0.15) is 13.2 Å². The number of aliphatic carboxylic acids is 1. The highest BCUT2D eigenvalue weighted by Gasteiger charge is 2.23. The van der Waals surface area contributed by atoms with E-state index in [2.05, 4.69) is 0 Å². The summed E-state index contributed by atoms with van der Waals surface area (Å²) in [7, 11) is 0. The van der Waals surface area contributed by atoms with Crippen LogP contribution in [-0.2, 0) is 14.3 Å². The Hall–Kier alpha value is -1.10. The second-order valence-corrected chi connectivity index (χ2v) is 4.36. The molecule has 1 saturated carbocycles. The molecule has 0 aromatic carbocycles. The minimum atomic E-state index is -1.04. The number of carbonyl (C=O) groups is 2. The highest BCUT2D eigenvalue weighted by molar-refractivity contribution is 5.78. The third-order valence-electron chi connectivity index (χ3n) is 3.13. The lowest BCUT2D eigenvalue weighted by atomic mass is 9.94. The van der Waals surface area contributed by atoms with Gasteiger partial charge in [-0.25, -0.2) is 4.79 Å². The van der Waals surface area contributed by atoms with Gasteiger partial charge in [0, 0.05) is 12.6 Å². The van der Waals surface area contributed by atoms with Crippen LogP contribution in [0.1, 0.15) is 39.0 Å². The number of amides is 1. The number of nitrogens with zero attached hydrogens (tertiary/aromatic N) is 1. The Bertz CT molecular complexity index is 261. The van der Waals surface area contributed by atoms with Crippen molar-refractivity contribution in [3.8, 4) is 0 Å². The lowest BCUT2D eigenvalue weighted by Crippen LogP contribution is -2.43. The summed E-state index contributed by atoms with van der Waals surface area (Å²) < 4.78 is 4.84. The maximum Gasteiger partial charge on any atom is 0.329 e. The zero-order valence-corrected chi connectivity index (χ0v) is 10.4. The summed E-state index contributed by atoms with van der Waals surface area (Å²) in [4.78, 5) is 24.0. The van der Waals surface area contributed by atoms with Crippen molar-refractivity contribution in [2.45, 2.75) is 45.1 Å². The van der Waals surface area contributed by atoms with Crippen molar-refractivity contribution in [2.75, 3.05) is 19.8 Å². The summed E-state index contributed by atoms with van der Waals surface area (Å²) in [5, 5.41) is 8.42. The molecule has 0 aromatic heterocycles. The second kappa shape index (κ2) is 7.27. The molecule has 0 aromatic rings. The summed E-state index contributed by atoms with van der Waals surface area (Å²) in [6, 6.07) is 0.315. The molecule has 0 unspecified atom stereocenters. The van der Waals surface area contributed by atoms with Gasteiger partial charge < -0.3 is 14.7 Å². The maximum atomic E-state index is 11.9. The van der Waals surface area contributed by atoms with Crippen LogP contribution < -0.4 is 0 Å². The molecule has 1 aliphatic carbocycles. The van der Waals surface area contributed by atoms with Crippen LogP contribution in [-0.4, -0.2) is 47.7 Å². The monoisotopic (exact) mass is 243 g/mol. The van der Waals surface area contributed by atoms with E-state index in [0.717, 1.165) is 12.8 Å². The number of carboxylic acid groups (broad SMARTS) is 1. The van der Waals surface area contributed by atoms with Gasteiger partial charge in [0.15, 0.2) is 0 Å². The summed E-state index contributed by atoms with van der Waals surface area (Å²) in [6.45, 7) is 2.08. The number of ether oxygens (including phenoxy) is 1. The van der Waals surface area contributed by atoms with Gasteiger partial charge in [-0.3, -0.25) is 4.79 Å². The third kappa shape index (κ3) is 4.73. The molecule has 1 rings (SSSR count). The van der Waals surface area contributed by atoms with E-state index in [1.165, 1.54) is 19.3 Å². The van der Waals surface area contributed by atoms with Crippen LogP contribution in [0.5, 0.6) is 0 Å². The molecule has 5 nitrogen and oxygen atoms in total. The normalized spacial score (nSPS) is 16.8. The molecular formula is C12H21NO4. The summed E-state index contributed by atoms with van der Waals surface area (Å²) in [5.41, 5.74) is 0. The Kier molecular flexibility index (Phi) is 5.97. The van der Waals surface area contributed by atoms with E-state index in [-0.39, 0.29) is 12.5 Å². The number of hydrogen-bond donors (Lipinski definition) is 1. The Balaban J connectivity index is 2.37. The lowest BCUT2D eigenvalue weighted by Gasteiger charge is -2.33. The fraction of sp³-hybridized carbons (Fsp3) is 0.833. The topological polar surface area (TPSA) is 66.8 Å². The van der Waals surface area contributed by atoms with Crippen molar-refractivity contribution < 1.29 is 19.4 Å². The van der Waals surface area contributed by atoms with Gasteiger partial charge in [-0.05, 0) is 19.8 Å². The summed E-state index contributed by atoms with van der Waals surface area (Å²) in [5.74, 6) is -1.14. The van der Waals surface area contributed by atoms with Crippen LogP contribution in [0, 0.1) is 0 Å². The minimum Gasteiger partial charge on any atom is -0.480 e. The van der Waals surface area contributed by atoms with E-state index >= 15 is 0 Å². The average Bonchev–Trinajstić information content (AvgIpc) is 2.31. The van der Waals surface area contributed by atoms with Gasteiger partial charge in [-0.15, -0.1) is 0 Å². The van der Waals surface area contributed by atoms with E-state index in [1.54, 1.807) is 0 Å². The van der Waals surface area contributed by atoms with E-state index in [1.807, 2.05) is 11.8 Å². The molecule has 1 N–H and O–H groups in total. The first-order chi connectivity index (χ1) is 8.15. The van der Waals surface area contributed by atoms with Crippen molar-refractivity contribution >= 4 is 11.9 Å². The molecule has 5 heteroatoms. The third-order valence-corrected chi connectivity index (χ3v) is 3.13. The van der Waals surface area contributed by atoms with Crippen LogP contribution in [0.25, 0.3) is 0 Å². The first kappa shape index (κ1) is 14.0. The van der Waals surface area contributed by atoms with E-state index in [0.29, 0.717) is 12.6 Å². The van der Waals surface area contributed by atoms with Crippen LogP contribution in [0.4, 0.5) is 0 Å². The smallest absolute Gasteiger partial charge is 0.329 e. The Morgan fingerprint density at radius 1 is 1.24 bits per heavy atom. The first-order valence-corrected chi connectivity index (χ1v) is 6.24. The van der Waals surface area contributed by atoms with E-state index < -0.39 is 12.6 Å². The van der Waals surface area contributed by atoms with Crippen LogP contribution in [0.3, 0.4) is 0 Å². The molecule has 0 radical (unpaired) electrons. The second-order valence-electron chi connectivity index (χ2n) is 4.36. The Morgan fingerprint density at radius 3 is 2.41 bits per heavy atom. The maximum absolute atomic E-state index is 11.9. The molecule has 0 atom stereocenters. The fourth-order valence-corrected chi connectivity index (χ4v) is 2.34. The minimum absolute atomic E-state index is 0.0966.